The molecule has 1 saturated carbocycles. The predicted octanol–water partition coefficient (Wildman–Crippen LogP) is 6.90. The molecule has 2 fully saturated rings. The lowest BCUT2D eigenvalue weighted by Gasteiger charge is -2.28. The van der Waals surface area contributed by atoms with Crippen LogP contribution < -0.4 is 19.7 Å². The molecular formula is C32H33N5O4S. The number of benzene rings is 2. The zero-order valence-electron chi connectivity index (χ0n) is 23.8. The lowest BCUT2D eigenvalue weighted by Crippen LogP contribution is -2.29. The van der Waals surface area contributed by atoms with Gasteiger partial charge in [-0.1, -0.05) is 6.07 Å². The zero-order chi connectivity index (χ0) is 29.4. The fourth-order valence-electron chi connectivity index (χ4n) is 6.26. The van der Waals surface area contributed by atoms with Gasteiger partial charge in [0.05, 0.1) is 47.7 Å². The second-order valence-corrected chi connectivity index (χ2v) is 11.2. The van der Waals surface area contributed by atoms with Crippen molar-refractivity contribution in [1.82, 2.24) is 14.9 Å². The first-order valence-corrected chi connectivity index (χ1v) is 14.6. The van der Waals surface area contributed by atoms with Gasteiger partial charge in [-0.15, -0.1) is 0 Å². The minimum Gasteiger partial charge on any atom is -0.494 e. The van der Waals surface area contributed by atoms with Gasteiger partial charge in [-0.25, -0.2) is 0 Å². The molecule has 1 aliphatic carbocycles. The summed E-state index contributed by atoms with van der Waals surface area (Å²) in [5.41, 5.74) is 5.54. The van der Waals surface area contributed by atoms with E-state index in [-0.39, 0.29) is 23.9 Å². The van der Waals surface area contributed by atoms with Gasteiger partial charge >= 0.3 is 0 Å². The SMILES string of the molecule is COc1cc([N+](=O)[O-])ccc1-n1c(C)cc([C@H]2[C@@H](c3ccccn3)NC(=S)N2c2ccc(OC3CCCC3)cc2)c1C. The van der Waals surface area contributed by atoms with E-state index in [0.717, 1.165) is 52.6 Å². The molecule has 0 unspecified atom stereocenters. The van der Waals surface area contributed by atoms with E-state index in [1.165, 1.54) is 32.1 Å². The molecule has 2 atom stereocenters. The number of rotatable bonds is 8. The van der Waals surface area contributed by atoms with Gasteiger partial charge in [0.25, 0.3) is 5.69 Å². The molecule has 10 heteroatoms. The second kappa shape index (κ2) is 11.4. The first kappa shape index (κ1) is 27.7. The van der Waals surface area contributed by atoms with Crippen LogP contribution in [0.3, 0.4) is 0 Å². The summed E-state index contributed by atoms with van der Waals surface area (Å²) in [6.07, 6.45) is 6.72. The van der Waals surface area contributed by atoms with Gasteiger partial charge in [-0.2, -0.15) is 0 Å². The lowest BCUT2D eigenvalue weighted by molar-refractivity contribution is -0.384. The average molecular weight is 584 g/mol. The number of nitrogens with zero attached hydrogens (tertiary/aromatic N) is 4. The molecule has 9 nitrogen and oxygen atoms in total. The van der Waals surface area contributed by atoms with Crippen LogP contribution in [0.5, 0.6) is 11.5 Å². The number of aromatic nitrogens is 2. The van der Waals surface area contributed by atoms with Crippen LogP contribution >= 0.6 is 12.2 Å². The third-order valence-electron chi connectivity index (χ3n) is 8.22. The highest BCUT2D eigenvalue weighted by atomic mass is 32.1. The smallest absolute Gasteiger partial charge is 0.273 e. The number of methoxy groups -OCH3 is 1. The van der Waals surface area contributed by atoms with Crippen LogP contribution in [0, 0.1) is 24.0 Å². The molecule has 3 heterocycles. The number of nitro benzene ring substituents is 1. The Morgan fingerprint density at radius 1 is 1.05 bits per heavy atom. The topological polar surface area (TPSA) is 94.7 Å². The van der Waals surface area contributed by atoms with E-state index in [1.807, 2.05) is 37.3 Å². The van der Waals surface area contributed by atoms with Crippen molar-refractivity contribution < 1.29 is 14.4 Å². The van der Waals surface area contributed by atoms with E-state index in [4.69, 9.17) is 21.7 Å². The van der Waals surface area contributed by atoms with Crippen molar-refractivity contribution in [2.24, 2.45) is 0 Å². The van der Waals surface area contributed by atoms with Gasteiger partial charge < -0.3 is 24.3 Å². The monoisotopic (exact) mass is 583 g/mol. The highest BCUT2D eigenvalue weighted by molar-refractivity contribution is 7.80. The van der Waals surface area contributed by atoms with Crippen molar-refractivity contribution in [3.8, 4) is 17.2 Å². The summed E-state index contributed by atoms with van der Waals surface area (Å²) >= 11 is 5.95. The van der Waals surface area contributed by atoms with E-state index in [0.29, 0.717) is 10.9 Å². The summed E-state index contributed by atoms with van der Waals surface area (Å²) in [6, 6.07) is 20.5. The standard InChI is InChI=1S/C32H33N5O4S/c1-20-18-26(21(2)35(20)28-16-13-23(37(38)39)19-29(28)40-3)31-30(27-10-6-7-17-33-27)34-32(42)36(31)22-11-14-25(15-12-22)41-24-8-4-5-9-24/h6-7,10-19,24,30-31H,4-5,8-9H2,1-3H3,(H,34,42)/t30-,31+/m1/s1. The summed E-state index contributed by atoms with van der Waals surface area (Å²) in [5.74, 6) is 1.29. The van der Waals surface area contributed by atoms with Crippen molar-refractivity contribution in [2.45, 2.75) is 57.7 Å². The molecule has 42 heavy (non-hydrogen) atoms. The van der Waals surface area contributed by atoms with Crippen LogP contribution in [0.4, 0.5) is 11.4 Å². The summed E-state index contributed by atoms with van der Waals surface area (Å²) in [6.45, 7) is 4.07. The number of nitrogens with one attached hydrogen (secondary N) is 1. The Hall–Kier alpha value is -4.44. The molecule has 0 amide bonds. The van der Waals surface area contributed by atoms with Crippen LogP contribution in [0.2, 0.25) is 0 Å². The molecule has 1 N–H and O–H groups in total. The first-order chi connectivity index (χ1) is 20.4. The Balaban J connectivity index is 1.43. The van der Waals surface area contributed by atoms with Gasteiger partial charge in [-0.3, -0.25) is 15.1 Å². The molecule has 1 saturated heterocycles. The number of pyridine rings is 1. The van der Waals surface area contributed by atoms with E-state index in [2.05, 4.69) is 44.9 Å². The van der Waals surface area contributed by atoms with E-state index in [9.17, 15) is 10.1 Å². The summed E-state index contributed by atoms with van der Waals surface area (Å²) in [5, 5.41) is 15.6. The minimum absolute atomic E-state index is 0.0228. The third kappa shape index (κ3) is 5.07. The van der Waals surface area contributed by atoms with Crippen LogP contribution in [0.25, 0.3) is 5.69 Å². The van der Waals surface area contributed by atoms with E-state index in [1.54, 1.807) is 12.3 Å². The molecule has 1 aliphatic heterocycles. The number of non-ortho nitro benzene ring substituents is 1. The largest absolute Gasteiger partial charge is 0.494 e. The summed E-state index contributed by atoms with van der Waals surface area (Å²) < 4.78 is 13.9. The van der Waals surface area contributed by atoms with Gasteiger partial charge in [0.2, 0.25) is 0 Å². The maximum Gasteiger partial charge on any atom is 0.273 e. The molecule has 6 rings (SSSR count). The zero-order valence-corrected chi connectivity index (χ0v) is 24.6. The molecule has 0 bridgehead atoms. The maximum absolute atomic E-state index is 11.4. The van der Waals surface area contributed by atoms with Gasteiger partial charge in [0.15, 0.2) is 5.11 Å². The Bertz CT molecular complexity index is 1620. The predicted molar refractivity (Wildman–Crippen MR) is 166 cm³/mol. The molecule has 2 aromatic heterocycles. The van der Waals surface area contributed by atoms with E-state index < -0.39 is 4.92 Å². The fraction of sp³-hybridized carbons (Fsp3) is 0.312. The molecule has 0 spiro atoms. The molecule has 2 aliphatic rings. The number of anilines is 1. The maximum atomic E-state index is 11.4. The summed E-state index contributed by atoms with van der Waals surface area (Å²) in [7, 11) is 1.52. The molecular weight excluding hydrogens is 550 g/mol. The molecule has 216 valence electrons. The summed E-state index contributed by atoms with van der Waals surface area (Å²) in [4.78, 5) is 17.8. The number of hydrogen-bond donors (Lipinski definition) is 1. The highest BCUT2D eigenvalue weighted by Crippen LogP contribution is 2.44. The normalized spacial score (nSPS) is 18.7. The first-order valence-electron chi connectivity index (χ1n) is 14.1. The van der Waals surface area contributed by atoms with E-state index >= 15 is 0 Å². The van der Waals surface area contributed by atoms with Crippen LogP contribution in [-0.4, -0.2) is 32.8 Å². The Morgan fingerprint density at radius 3 is 2.48 bits per heavy atom. The Kier molecular flexibility index (Phi) is 7.55. The van der Waals surface area contributed by atoms with Crippen LogP contribution in [-0.2, 0) is 0 Å². The van der Waals surface area contributed by atoms with Gasteiger partial charge in [-0.05, 0) is 106 Å². The Morgan fingerprint density at radius 2 is 1.81 bits per heavy atom. The lowest BCUT2D eigenvalue weighted by atomic mass is 9.96. The number of aryl methyl sites for hydroxylation is 1. The number of nitro groups is 1. The average Bonchev–Trinajstić information content (AvgIpc) is 3.71. The van der Waals surface area contributed by atoms with Crippen molar-refractivity contribution in [2.75, 3.05) is 12.0 Å². The minimum atomic E-state index is -0.419. The van der Waals surface area contributed by atoms with Crippen LogP contribution in [0.1, 0.15) is 60.4 Å². The third-order valence-corrected chi connectivity index (χ3v) is 8.54. The van der Waals surface area contributed by atoms with Crippen LogP contribution in [0.15, 0.2) is 72.9 Å². The van der Waals surface area contributed by atoms with Crippen molar-refractivity contribution in [1.29, 1.82) is 0 Å². The van der Waals surface area contributed by atoms with Gasteiger partial charge in [0.1, 0.15) is 11.5 Å². The second-order valence-electron chi connectivity index (χ2n) is 10.8. The van der Waals surface area contributed by atoms with Crippen molar-refractivity contribution in [3.63, 3.8) is 0 Å². The molecule has 2 aromatic carbocycles. The highest BCUT2D eigenvalue weighted by Gasteiger charge is 2.42. The number of thiocarbonyl (C=S) groups is 1. The van der Waals surface area contributed by atoms with Crippen molar-refractivity contribution in [3.05, 3.63) is 106 Å². The fourth-order valence-corrected chi connectivity index (χ4v) is 6.60. The number of ether oxygens (including phenoxy) is 2. The quantitative estimate of drug-likeness (QED) is 0.136. The van der Waals surface area contributed by atoms with Gasteiger partial charge in [0, 0.05) is 29.3 Å². The molecule has 4 aromatic rings. The Labute approximate surface area is 250 Å². The van der Waals surface area contributed by atoms with Crippen molar-refractivity contribution >= 4 is 28.7 Å². The number of hydrogen-bond acceptors (Lipinski definition) is 6. The molecule has 0 radical (unpaired) electrons.